The smallest absolute Gasteiger partial charge is 0.287 e. The molecule has 4 nitrogen and oxygen atoms in total. The van der Waals surface area contributed by atoms with Crippen LogP contribution in [0.2, 0.25) is 5.02 Å². The zero-order valence-corrected chi connectivity index (χ0v) is 10.3. The van der Waals surface area contributed by atoms with Gasteiger partial charge in [-0.2, -0.15) is 4.39 Å². The van der Waals surface area contributed by atoms with Crippen LogP contribution in [-0.2, 0) is 4.79 Å². The number of allylic oxidation sites excluding steroid dienone is 2. The van der Waals surface area contributed by atoms with Crippen molar-refractivity contribution < 1.29 is 13.6 Å². The number of nitrogens with two attached hydrogens (primary N) is 1. The van der Waals surface area contributed by atoms with Gasteiger partial charge in [0.25, 0.3) is 11.8 Å². The summed E-state index contributed by atoms with van der Waals surface area (Å²) in [5, 5.41) is 4.59. The van der Waals surface area contributed by atoms with Crippen LogP contribution in [0.4, 0.5) is 14.5 Å². The van der Waals surface area contributed by atoms with Crippen molar-refractivity contribution in [1.29, 1.82) is 0 Å². The highest BCUT2D eigenvalue weighted by Crippen LogP contribution is 2.27. The van der Waals surface area contributed by atoms with Crippen LogP contribution in [0.25, 0.3) is 0 Å². The maximum Gasteiger partial charge on any atom is 0.287 e. The van der Waals surface area contributed by atoms with Crippen LogP contribution in [0.3, 0.4) is 0 Å². The Bertz CT molecular complexity index is 588. The number of primary amides is 1. The molecule has 100 valence electrons. The second kappa shape index (κ2) is 4.89. The van der Waals surface area contributed by atoms with Gasteiger partial charge in [0.05, 0.1) is 10.6 Å². The third kappa shape index (κ3) is 2.68. The summed E-state index contributed by atoms with van der Waals surface area (Å²) in [6.45, 7) is 0. The summed E-state index contributed by atoms with van der Waals surface area (Å²) in [6.07, 6.45) is 4.00. The average Bonchev–Trinajstić information content (AvgIpc) is 2.33. The molecule has 1 aromatic carbocycles. The first-order valence-electron chi connectivity index (χ1n) is 5.29. The Balaban J connectivity index is 2.30. The molecule has 0 spiro atoms. The van der Waals surface area contributed by atoms with Crippen molar-refractivity contribution in [2.45, 2.75) is 5.92 Å². The van der Waals surface area contributed by atoms with Gasteiger partial charge < -0.3 is 16.4 Å². The lowest BCUT2D eigenvalue weighted by Crippen LogP contribution is -2.51. The molecule has 1 aliphatic rings. The second-order valence-corrected chi connectivity index (χ2v) is 4.27. The molecule has 1 aromatic rings. The Labute approximate surface area is 112 Å². The molecule has 0 radical (unpaired) electrons. The predicted molar refractivity (Wildman–Crippen MR) is 68.4 cm³/mol. The molecule has 1 atom stereocenters. The van der Waals surface area contributed by atoms with Gasteiger partial charge >= 0.3 is 0 Å². The third-order valence-corrected chi connectivity index (χ3v) is 2.80. The van der Waals surface area contributed by atoms with E-state index in [4.69, 9.17) is 17.3 Å². The number of nitrogens with one attached hydrogen (secondary N) is 2. The lowest BCUT2D eigenvalue weighted by atomic mass is 10.1. The zero-order chi connectivity index (χ0) is 14.0. The molecule has 7 heteroatoms. The number of rotatable bonds is 3. The normalized spacial score (nSPS) is 21.5. The SMILES string of the molecule is NC(=O)C1=CC=CNC1(F)Nc1ccc(F)c(Cl)c1. The largest absolute Gasteiger partial charge is 0.366 e. The van der Waals surface area contributed by atoms with E-state index < -0.39 is 17.6 Å². The van der Waals surface area contributed by atoms with Gasteiger partial charge in [0.1, 0.15) is 5.82 Å². The summed E-state index contributed by atoms with van der Waals surface area (Å²) >= 11 is 5.60. The van der Waals surface area contributed by atoms with Gasteiger partial charge in [-0.3, -0.25) is 4.79 Å². The number of alkyl halides is 1. The van der Waals surface area contributed by atoms with Gasteiger partial charge in [-0.05, 0) is 30.4 Å². The molecule has 1 heterocycles. The Kier molecular flexibility index (Phi) is 3.44. The number of hydrogen-bond donors (Lipinski definition) is 3. The lowest BCUT2D eigenvalue weighted by Gasteiger charge is -2.30. The summed E-state index contributed by atoms with van der Waals surface area (Å²) in [5.74, 6) is -3.91. The molecule has 0 aliphatic carbocycles. The standard InChI is InChI=1S/C12H10ClF2N3O/c13-9-6-7(3-4-10(9)14)18-12(15)8(11(16)19)2-1-5-17-12/h1-6,17-18H,(H2,16,19). The van der Waals surface area contributed by atoms with Gasteiger partial charge in [0, 0.05) is 11.9 Å². The van der Waals surface area contributed by atoms with Crippen molar-refractivity contribution in [3.05, 3.63) is 53.0 Å². The van der Waals surface area contributed by atoms with Crippen molar-refractivity contribution in [2.24, 2.45) is 5.73 Å². The van der Waals surface area contributed by atoms with E-state index >= 15 is 0 Å². The molecule has 0 saturated heterocycles. The maximum atomic E-state index is 14.6. The topological polar surface area (TPSA) is 67.2 Å². The van der Waals surface area contributed by atoms with Crippen molar-refractivity contribution in [3.8, 4) is 0 Å². The molecular weight excluding hydrogens is 276 g/mol. The van der Waals surface area contributed by atoms with Gasteiger partial charge in [0.2, 0.25) is 0 Å². The van der Waals surface area contributed by atoms with E-state index in [1.807, 2.05) is 0 Å². The van der Waals surface area contributed by atoms with Crippen molar-refractivity contribution in [1.82, 2.24) is 5.32 Å². The Morgan fingerprint density at radius 3 is 2.84 bits per heavy atom. The number of benzene rings is 1. The van der Waals surface area contributed by atoms with E-state index in [9.17, 15) is 13.6 Å². The Hall–Kier alpha value is -2.08. The maximum absolute atomic E-state index is 14.6. The Morgan fingerprint density at radius 2 is 2.21 bits per heavy atom. The van der Waals surface area contributed by atoms with E-state index in [1.54, 1.807) is 0 Å². The minimum absolute atomic E-state index is 0.162. The van der Waals surface area contributed by atoms with E-state index in [-0.39, 0.29) is 16.3 Å². The van der Waals surface area contributed by atoms with E-state index in [2.05, 4.69) is 10.6 Å². The molecule has 0 bridgehead atoms. The zero-order valence-electron chi connectivity index (χ0n) is 9.58. The molecule has 19 heavy (non-hydrogen) atoms. The van der Waals surface area contributed by atoms with Crippen molar-refractivity contribution in [3.63, 3.8) is 0 Å². The average molecular weight is 286 g/mol. The van der Waals surface area contributed by atoms with Crippen LogP contribution >= 0.6 is 11.6 Å². The number of hydrogen-bond acceptors (Lipinski definition) is 3. The summed E-state index contributed by atoms with van der Waals surface area (Å²) in [4.78, 5) is 11.2. The fourth-order valence-electron chi connectivity index (χ4n) is 1.63. The van der Waals surface area contributed by atoms with Crippen LogP contribution in [0.1, 0.15) is 0 Å². The number of halogens is 3. The number of carbonyl (C=O) groups is 1. The molecular formula is C12H10ClF2N3O. The second-order valence-electron chi connectivity index (χ2n) is 3.86. The first-order chi connectivity index (χ1) is 8.92. The molecule has 4 N–H and O–H groups in total. The number of amides is 1. The Morgan fingerprint density at radius 1 is 1.47 bits per heavy atom. The highest BCUT2D eigenvalue weighted by molar-refractivity contribution is 6.31. The van der Waals surface area contributed by atoms with Crippen molar-refractivity contribution >= 4 is 23.2 Å². The highest BCUT2D eigenvalue weighted by Gasteiger charge is 2.37. The minimum Gasteiger partial charge on any atom is -0.366 e. The fraction of sp³-hybridized carbons (Fsp3) is 0.0833. The molecule has 1 unspecified atom stereocenters. The van der Waals surface area contributed by atoms with E-state index in [0.717, 1.165) is 6.07 Å². The highest BCUT2D eigenvalue weighted by atomic mass is 35.5. The van der Waals surface area contributed by atoms with Gasteiger partial charge in [-0.1, -0.05) is 11.6 Å². The molecule has 0 aromatic heterocycles. The molecule has 0 fully saturated rings. The molecule has 1 amide bonds. The van der Waals surface area contributed by atoms with Gasteiger partial charge in [-0.15, -0.1) is 0 Å². The number of carbonyl (C=O) groups excluding carboxylic acids is 1. The van der Waals surface area contributed by atoms with Crippen LogP contribution < -0.4 is 16.4 Å². The summed E-state index contributed by atoms with van der Waals surface area (Å²) in [5.41, 5.74) is 5.01. The molecule has 1 aliphatic heterocycles. The van der Waals surface area contributed by atoms with Crippen LogP contribution in [0, 0.1) is 5.82 Å². The predicted octanol–water partition coefficient (Wildman–Crippen LogP) is 2.04. The molecule has 2 rings (SSSR count). The van der Waals surface area contributed by atoms with E-state index in [0.29, 0.717) is 0 Å². The van der Waals surface area contributed by atoms with E-state index in [1.165, 1.54) is 30.5 Å². The fourth-order valence-corrected chi connectivity index (χ4v) is 1.81. The number of dihydropyridines is 1. The minimum atomic E-state index is -2.37. The monoisotopic (exact) mass is 285 g/mol. The van der Waals surface area contributed by atoms with Crippen LogP contribution in [-0.4, -0.2) is 11.8 Å². The third-order valence-electron chi connectivity index (χ3n) is 2.51. The summed E-state index contributed by atoms with van der Waals surface area (Å²) in [6, 6.07) is 3.58. The summed E-state index contributed by atoms with van der Waals surface area (Å²) < 4.78 is 27.6. The van der Waals surface area contributed by atoms with Crippen LogP contribution in [0.15, 0.2) is 42.1 Å². The number of anilines is 1. The van der Waals surface area contributed by atoms with Crippen LogP contribution in [0.5, 0.6) is 0 Å². The van der Waals surface area contributed by atoms with Crippen molar-refractivity contribution in [2.75, 3.05) is 5.32 Å². The quantitative estimate of drug-likeness (QED) is 0.745. The first kappa shape index (κ1) is 13.4. The summed E-state index contributed by atoms with van der Waals surface area (Å²) in [7, 11) is 0. The van der Waals surface area contributed by atoms with Gasteiger partial charge in [-0.25, -0.2) is 4.39 Å². The first-order valence-corrected chi connectivity index (χ1v) is 5.67. The molecule has 0 saturated carbocycles. The lowest BCUT2D eigenvalue weighted by molar-refractivity contribution is -0.115. The van der Waals surface area contributed by atoms with Gasteiger partial charge in [0.15, 0.2) is 0 Å².